The summed E-state index contributed by atoms with van der Waals surface area (Å²) in [7, 11) is 1.68. The number of carbonyl (C=O) groups is 1. The lowest BCUT2D eigenvalue weighted by Gasteiger charge is -2.49. The van der Waals surface area contributed by atoms with Crippen LogP contribution in [0.25, 0.3) is 6.08 Å². The number of anilines is 1. The number of methoxy groups -OCH3 is 1. The van der Waals surface area contributed by atoms with E-state index in [1.54, 1.807) is 7.11 Å². The van der Waals surface area contributed by atoms with Gasteiger partial charge in [-0.1, -0.05) is 76.8 Å². The molecule has 4 rings (SSSR count). The van der Waals surface area contributed by atoms with Crippen molar-refractivity contribution < 1.29 is 14.3 Å². The number of para-hydroxylation sites is 1. The van der Waals surface area contributed by atoms with Gasteiger partial charge in [-0.2, -0.15) is 0 Å². The van der Waals surface area contributed by atoms with E-state index in [0.29, 0.717) is 19.6 Å². The van der Waals surface area contributed by atoms with Gasteiger partial charge in [0.1, 0.15) is 5.66 Å². The average Bonchev–Trinajstić information content (AvgIpc) is 3.04. The summed E-state index contributed by atoms with van der Waals surface area (Å²) in [5.74, 6) is 1.59. The number of ether oxygens (including phenoxy) is 2. The SMILES string of the molecule is CCCCCCCOc1ccc(C=C[C@]23NC(=O)CCN2c2ccccc2C3(C)C)cc1OC. The van der Waals surface area contributed by atoms with Crippen molar-refractivity contribution in [3.05, 3.63) is 59.7 Å². The Hall–Kier alpha value is -2.95. The quantitative estimate of drug-likeness (QED) is 0.435. The van der Waals surface area contributed by atoms with Crippen LogP contribution in [0, 0.1) is 0 Å². The summed E-state index contributed by atoms with van der Waals surface area (Å²) >= 11 is 0. The molecule has 2 aromatic rings. The first-order valence-corrected chi connectivity index (χ1v) is 12.6. The summed E-state index contributed by atoms with van der Waals surface area (Å²) < 4.78 is 11.6. The first-order valence-electron chi connectivity index (χ1n) is 12.6. The Morgan fingerprint density at radius 1 is 1.06 bits per heavy atom. The number of hydrogen-bond donors (Lipinski definition) is 1. The molecule has 1 saturated heterocycles. The second-order valence-corrected chi connectivity index (χ2v) is 9.86. The first kappa shape index (κ1) is 24.2. The van der Waals surface area contributed by atoms with E-state index in [2.05, 4.69) is 67.4 Å². The van der Waals surface area contributed by atoms with Crippen molar-refractivity contribution in [3.63, 3.8) is 0 Å². The van der Waals surface area contributed by atoms with E-state index in [9.17, 15) is 4.79 Å². The number of rotatable bonds is 10. The van der Waals surface area contributed by atoms with Gasteiger partial charge in [-0.25, -0.2) is 0 Å². The van der Waals surface area contributed by atoms with Gasteiger partial charge in [0, 0.05) is 24.1 Å². The molecule has 2 heterocycles. The molecule has 1 atom stereocenters. The molecule has 2 aromatic carbocycles. The maximum atomic E-state index is 12.6. The average molecular weight is 463 g/mol. The van der Waals surface area contributed by atoms with Gasteiger partial charge in [-0.05, 0) is 41.8 Å². The molecule has 0 spiro atoms. The van der Waals surface area contributed by atoms with Crippen molar-refractivity contribution in [2.75, 3.05) is 25.2 Å². The standard InChI is InChI=1S/C29H38N2O3/c1-5-6-7-8-11-20-34-25-15-14-22(21-26(25)33-4)16-18-29-28(2,3)23-12-9-10-13-24(23)31(29)19-17-27(32)30-29/h9-10,12-16,18,21H,5-8,11,17,19-20H2,1-4H3,(H,30,32)/t29-/m0/s1. The van der Waals surface area contributed by atoms with Crippen LogP contribution in [0.4, 0.5) is 5.69 Å². The highest BCUT2D eigenvalue weighted by Gasteiger charge is 2.57. The Bertz CT molecular complexity index is 1050. The minimum absolute atomic E-state index is 0.0852. The molecule has 0 bridgehead atoms. The van der Waals surface area contributed by atoms with Crippen molar-refractivity contribution in [2.24, 2.45) is 0 Å². The minimum Gasteiger partial charge on any atom is -0.493 e. The zero-order valence-corrected chi connectivity index (χ0v) is 21.0. The van der Waals surface area contributed by atoms with E-state index in [1.165, 1.54) is 36.9 Å². The fraction of sp³-hybridized carbons (Fsp3) is 0.483. The Morgan fingerprint density at radius 3 is 2.65 bits per heavy atom. The van der Waals surface area contributed by atoms with Crippen molar-refractivity contribution in [3.8, 4) is 11.5 Å². The molecule has 182 valence electrons. The van der Waals surface area contributed by atoms with Crippen molar-refractivity contribution in [1.82, 2.24) is 5.32 Å². The normalized spacial score (nSPS) is 20.7. The lowest BCUT2D eigenvalue weighted by Crippen LogP contribution is -2.68. The maximum Gasteiger partial charge on any atom is 0.223 e. The van der Waals surface area contributed by atoms with E-state index in [0.717, 1.165) is 23.5 Å². The lowest BCUT2D eigenvalue weighted by atomic mass is 9.74. The summed E-state index contributed by atoms with van der Waals surface area (Å²) in [6.07, 6.45) is 10.8. The van der Waals surface area contributed by atoms with Crippen LogP contribution in [0.2, 0.25) is 0 Å². The summed E-state index contributed by atoms with van der Waals surface area (Å²) in [5.41, 5.74) is 2.54. The van der Waals surface area contributed by atoms with Gasteiger partial charge in [0.05, 0.1) is 13.7 Å². The molecule has 34 heavy (non-hydrogen) atoms. The van der Waals surface area contributed by atoms with E-state index in [1.807, 2.05) is 18.2 Å². The van der Waals surface area contributed by atoms with Gasteiger partial charge in [0.25, 0.3) is 0 Å². The third-order valence-electron chi connectivity index (χ3n) is 7.35. The van der Waals surface area contributed by atoms with Crippen molar-refractivity contribution in [2.45, 2.75) is 70.4 Å². The molecule has 0 aliphatic carbocycles. The number of nitrogens with zero attached hydrogens (tertiary/aromatic N) is 1. The van der Waals surface area contributed by atoms with E-state index >= 15 is 0 Å². The van der Waals surface area contributed by atoms with Crippen LogP contribution >= 0.6 is 0 Å². The van der Waals surface area contributed by atoms with Crippen LogP contribution in [0.3, 0.4) is 0 Å². The molecule has 1 N–H and O–H groups in total. The van der Waals surface area contributed by atoms with Gasteiger partial charge in [0.2, 0.25) is 5.91 Å². The molecule has 0 radical (unpaired) electrons. The van der Waals surface area contributed by atoms with Gasteiger partial charge in [-0.15, -0.1) is 0 Å². The molecule has 2 aliphatic heterocycles. The van der Waals surface area contributed by atoms with Gasteiger partial charge in [-0.3, -0.25) is 4.79 Å². The number of unbranched alkanes of at least 4 members (excludes halogenated alkanes) is 4. The Morgan fingerprint density at radius 2 is 1.85 bits per heavy atom. The van der Waals surface area contributed by atoms with Crippen molar-refractivity contribution >= 4 is 17.7 Å². The van der Waals surface area contributed by atoms with E-state index in [-0.39, 0.29) is 11.3 Å². The highest BCUT2D eigenvalue weighted by atomic mass is 16.5. The van der Waals surface area contributed by atoms with Crippen LogP contribution in [0.5, 0.6) is 11.5 Å². The fourth-order valence-corrected chi connectivity index (χ4v) is 5.33. The number of amides is 1. The highest BCUT2D eigenvalue weighted by Crippen LogP contribution is 2.52. The number of benzene rings is 2. The van der Waals surface area contributed by atoms with E-state index < -0.39 is 5.66 Å². The van der Waals surface area contributed by atoms with Crippen LogP contribution in [0.1, 0.15) is 70.4 Å². The summed E-state index contributed by atoms with van der Waals surface area (Å²) in [6, 6.07) is 14.5. The summed E-state index contributed by atoms with van der Waals surface area (Å²) in [6.45, 7) is 8.04. The highest BCUT2D eigenvalue weighted by molar-refractivity contribution is 5.84. The maximum absolute atomic E-state index is 12.6. The number of carbonyl (C=O) groups excluding carboxylic acids is 1. The first-order chi connectivity index (χ1) is 16.4. The van der Waals surface area contributed by atoms with Crippen LogP contribution < -0.4 is 19.7 Å². The fourth-order valence-electron chi connectivity index (χ4n) is 5.33. The monoisotopic (exact) mass is 462 g/mol. The Labute approximate surface area is 204 Å². The minimum atomic E-state index is -0.618. The molecular weight excluding hydrogens is 424 g/mol. The van der Waals surface area contributed by atoms with Gasteiger partial charge < -0.3 is 19.7 Å². The Balaban J connectivity index is 1.55. The molecule has 1 fully saturated rings. The number of nitrogens with one attached hydrogen (secondary N) is 1. The number of fused-ring (bicyclic) bond motifs is 3. The topological polar surface area (TPSA) is 50.8 Å². The largest absolute Gasteiger partial charge is 0.493 e. The van der Waals surface area contributed by atoms with Crippen LogP contribution in [0.15, 0.2) is 48.5 Å². The smallest absolute Gasteiger partial charge is 0.223 e. The second kappa shape index (κ2) is 10.1. The van der Waals surface area contributed by atoms with Crippen LogP contribution in [-0.2, 0) is 10.2 Å². The van der Waals surface area contributed by atoms with Gasteiger partial charge in [0.15, 0.2) is 11.5 Å². The third-order valence-corrected chi connectivity index (χ3v) is 7.35. The predicted molar refractivity (Wildman–Crippen MR) is 139 cm³/mol. The number of hydrogen-bond acceptors (Lipinski definition) is 4. The molecule has 5 nitrogen and oxygen atoms in total. The van der Waals surface area contributed by atoms with E-state index in [4.69, 9.17) is 9.47 Å². The molecule has 1 amide bonds. The van der Waals surface area contributed by atoms with Gasteiger partial charge >= 0.3 is 0 Å². The molecule has 0 saturated carbocycles. The zero-order valence-electron chi connectivity index (χ0n) is 21.0. The van der Waals surface area contributed by atoms with Crippen LogP contribution in [-0.4, -0.2) is 31.8 Å². The zero-order chi connectivity index (χ0) is 24.2. The molecule has 5 heteroatoms. The summed E-state index contributed by atoms with van der Waals surface area (Å²) in [5, 5.41) is 3.33. The molecule has 2 aliphatic rings. The summed E-state index contributed by atoms with van der Waals surface area (Å²) in [4.78, 5) is 14.9. The molecule has 0 unspecified atom stereocenters. The second-order valence-electron chi connectivity index (χ2n) is 9.86. The van der Waals surface area contributed by atoms with Crippen molar-refractivity contribution in [1.29, 1.82) is 0 Å². The lowest BCUT2D eigenvalue weighted by molar-refractivity contribution is -0.124. The Kier molecular flexibility index (Phi) is 7.20. The molecular formula is C29H38N2O3. The molecule has 0 aromatic heterocycles. The predicted octanol–water partition coefficient (Wildman–Crippen LogP) is 6.07. The third kappa shape index (κ3) is 4.40.